The van der Waals surface area contributed by atoms with Gasteiger partial charge in [-0.1, -0.05) is 0 Å². The first kappa shape index (κ1) is 10.2. The summed E-state index contributed by atoms with van der Waals surface area (Å²) in [6.45, 7) is 3.96. The van der Waals surface area contributed by atoms with E-state index in [0.29, 0.717) is 6.61 Å². The van der Waals surface area contributed by atoms with E-state index in [0.717, 1.165) is 25.1 Å². The molecule has 0 spiro atoms. The lowest BCUT2D eigenvalue weighted by atomic mass is 9.92. The summed E-state index contributed by atoms with van der Waals surface area (Å²) in [6.07, 6.45) is 4.85. The highest BCUT2D eigenvalue weighted by atomic mass is 16.5. The van der Waals surface area contributed by atoms with Crippen LogP contribution in [0.1, 0.15) is 13.3 Å². The topological polar surface area (TPSA) is 50.4 Å². The van der Waals surface area contributed by atoms with E-state index in [1.165, 1.54) is 5.57 Å². The fourth-order valence-electron chi connectivity index (χ4n) is 2.00. The van der Waals surface area contributed by atoms with Crippen LogP contribution in [0.4, 0.5) is 0 Å². The third-order valence-electron chi connectivity index (χ3n) is 2.71. The van der Waals surface area contributed by atoms with Gasteiger partial charge in [0.05, 0.1) is 6.61 Å². The second-order valence-electron chi connectivity index (χ2n) is 3.66. The van der Waals surface area contributed by atoms with Crippen LogP contribution in [-0.4, -0.2) is 31.7 Å². The average Bonchev–Trinajstić information content (AvgIpc) is 2.28. The molecule has 0 aromatic rings. The minimum absolute atomic E-state index is 0.170. The van der Waals surface area contributed by atoms with Gasteiger partial charge in [0.15, 0.2) is 0 Å². The molecule has 2 heterocycles. The predicted octanol–water partition coefficient (Wildman–Crippen LogP) is 0.325. The lowest BCUT2D eigenvalue weighted by Crippen LogP contribution is -2.45. The highest BCUT2D eigenvalue weighted by molar-refractivity contribution is 5.81. The van der Waals surface area contributed by atoms with Gasteiger partial charge in [0.2, 0.25) is 0 Å². The maximum Gasteiger partial charge on any atom is 0.327 e. The molecular formula is C11H16N2O2. The van der Waals surface area contributed by atoms with Gasteiger partial charge < -0.3 is 15.4 Å². The summed E-state index contributed by atoms with van der Waals surface area (Å²) < 4.78 is 5.04. The molecule has 4 nitrogen and oxygen atoms in total. The van der Waals surface area contributed by atoms with E-state index in [1.807, 2.05) is 19.2 Å². The number of hydrogen-bond donors (Lipinski definition) is 2. The number of ether oxygens (including phenoxy) is 1. The van der Waals surface area contributed by atoms with Crippen LogP contribution in [0.2, 0.25) is 0 Å². The summed E-state index contributed by atoms with van der Waals surface area (Å²) in [5, 5.41) is 6.35. The Morgan fingerprint density at radius 3 is 3.33 bits per heavy atom. The molecule has 2 rings (SSSR count). The lowest BCUT2D eigenvalue weighted by molar-refractivity contribution is -0.144. The van der Waals surface area contributed by atoms with Crippen LogP contribution in [0.3, 0.4) is 0 Å². The minimum atomic E-state index is -0.271. The second-order valence-corrected chi connectivity index (χ2v) is 3.66. The number of carbonyl (C=O) groups excluding carboxylic acids is 1. The number of nitrogens with one attached hydrogen (secondary N) is 2. The van der Waals surface area contributed by atoms with Crippen molar-refractivity contribution >= 4 is 5.97 Å². The van der Waals surface area contributed by atoms with Crippen molar-refractivity contribution in [2.75, 3.05) is 19.7 Å². The number of esters is 1. The standard InChI is InChI=1S/C11H16N2O2/c1-2-15-11(14)10-9-4-5-12-7-8(9)3-6-13-10/h4-5,10,12-13H,2-3,6-7H2,1H3. The molecule has 0 amide bonds. The molecule has 82 valence electrons. The fourth-order valence-corrected chi connectivity index (χ4v) is 2.00. The third kappa shape index (κ3) is 2.04. The molecular weight excluding hydrogens is 192 g/mol. The molecule has 0 aromatic carbocycles. The summed E-state index contributed by atoms with van der Waals surface area (Å²) in [5.41, 5.74) is 2.40. The molecule has 1 atom stereocenters. The SMILES string of the molecule is CCOC(=O)C1NCCC2=C1C=CNC2. The van der Waals surface area contributed by atoms with E-state index in [1.54, 1.807) is 0 Å². The van der Waals surface area contributed by atoms with Gasteiger partial charge in [-0.2, -0.15) is 0 Å². The Morgan fingerprint density at radius 1 is 1.67 bits per heavy atom. The van der Waals surface area contributed by atoms with E-state index >= 15 is 0 Å². The zero-order chi connectivity index (χ0) is 10.7. The number of hydrogen-bond acceptors (Lipinski definition) is 4. The Bertz CT molecular complexity index is 321. The molecule has 0 saturated carbocycles. The van der Waals surface area contributed by atoms with Crippen LogP contribution >= 0.6 is 0 Å². The molecule has 2 N–H and O–H groups in total. The van der Waals surface area contributed by atoms with Gasteiger partial charge in [-0.3, -0.25) is 0 Å². The lowest BCUT2D eigenvalue weighted by Gasteiger charge is -2.29. The highest BCUT2D eigenvalue weighted by Crippen LogP contribution is 2.21. The first-order valence-corrected chi connectivity index (χ1v) is 5.34. The monoisotopic (exact) mass is 208 g/mol. The maximum absolute atomic E-state index is 11.7. The van der Waals surface area contributed by atoms with Crippen molar-refractivity contribution in [1.82, 2.24) is 10.6 Å². The molecule has 0 aromatic heterocycles. The minimum Gasteiger partial charge on any atom is -0.465 e. The molecule has 0 saturated heterocycles. The summed E-state index contributed by atoms with van der Waals surface area (Å²) in [7, 11) is 0. The van der Waals surface area contributed by atoms with Crippen molar-refractivity contribution < 1.29 is 9.53 Å². The summed E-state index contributed by atoms with van der Waals surface area (Å²) >= 11 is 0. The van der Waals surface area contributed by atoms with Gasteiger partial charge in [0.25, 0.3) is 0 Å². The van der Waals surface area contributed by atoms with Crippen LogP contribution in [0.15, 0.2) is 23.4 Å². The number of rotatable bonds is 2. The fraction of sp³-hybridized carbons (Fsp3) is 0.545. The van der Waals surface area contributed by atoms with Crippen molar-refractivity contribution in [2.45, 2.75) is 19.4 Å². The Labute approximate surface area is 89.4 Å². The summed E-state index contributed by atoms with van der Waals surface area (Å²) in [4.78, 5) is 11.7. The summed E-state index contributed by atoms with van der Waals surface area (Å²) in [5.74, 6) is -0.170. The third-order valence-corrected chi connectivity index (χ3v) is 2.71. The largest absolute Gasteiger partial charge is 0.465 e. The Balaban J connectivity index is 2.18. The van der Waals surface area contributed by atoms with Crippen LogP contribution in [0.25, 0.3) is 0 Å². The number of dihydropyridines is 1. The quantitative estimate of drug-likeness (QED) is 0.642. The molecule has 0 radical (unpaired) electrons. The van der Waals surface area contributed by atoms with E-state index in [-0.39, 0.29) is 12.0 Å². The van der Waals surface area contributed by atoms with Crippen molar-refractivity contribution in [3.05, 3.63) is 23.4 Å². The van der Waals surface area contributed by atoms with Crippen molar-refractivity contribution in [2.24, 2.45) is 0 Å². The maximum atomic E-state index is 11.7. The van der Waals surface area contributed by atoms with Crippen LogP contribution in [0.5, 0.6) is 0 Å². The van der Waals surface area contributed by atoms with Crippen molar-refractivity contribution in [3.8, 4) is 0 Å². The van der Waals surface area contributed by atoms with E-state index in [2.05, 4.69) is 10.6 Å². The van der Waals surface area contributed by atoms with Gasteiger partial charge >= 0.3 is 5.97 Å². The van der Waals surface area contributed by atoms with E-state index < -0.39 is 0 Å². The normalized spacial score (nSPS) is 24.5. The smallest absolute Gasteiger partial charge is 0.327 e. The van der Waals surface area contributed by atoms with Crippen LogP contribution in [-0.2, 0) is 9.53 Å². The molecule has 2 aliphatic heterocycles. The van der Waals surface area contributed by atoms with Gasteiger partial charge in [0.1, 0.15) is 6.04 Å². The van der Waals surface area contributed by atoms with Crippen molar-refractivity contribution in [1.29, 1.82) is 0 Å². The zero-order valence-electron chi connectivity index (χ0n) is 8.88. The molecule has 0 aliphatic carbocycles. The molecule has 1 unspecified atom stereocenters. The zero-order valence-corrected chi connectivity index (χ0v) is 8.88. The molecule has 4 heteroatoms. The molecule has 0 fully saturated rings. The second kappa shape index (κ2) is 4.49. The van der Waals surface area contributed by atoms with Gasteiger partial charge in [-0.05, 0) is 36.8 Å². The van der Waals surface area contributed by atoms with Crippen LogP contribution in [0, 0.1) is 0 Å². The Kier molecular flexibility index (Phi) is 3.06. The van der Waals surface area contributed by atoms with Crippen molar-refractivity contribution in [3.63, 3.8) is 0 Å². The number of carbonyl (C=O) groups is 1. The Hall–Kier alpha value is -1.29. The van der Waals surface area contributed by atoms with Gasteiger partial charge in [-0.15, -0.1) is 0 Å². The first-order valence-electron chi connectivity index (χ1n) is 5.34. The van der Waals surface area contributed by atoms with E-state index in [4.69, 9.17) is 4.74 Å². The molecule has 15 heavy (non-hydrogen) atoms. The molecule has 0 bridgehead atoms. The Morgan fingerprint density at radius 2 is 2.53 bits per heavy atom. The highest BCUT2D eigenvalue weighted by Gasteiger charge is 2.28. The first-order chi connectivity index (χ1) is 7.33. The predicted molar refractivity (Wildman–Crippen MR) is 57.2 cm³/mol. The molecule has 2 aliphatic rings. The van der Waals surface area contributed by atoms with Gasteiger partial charge in [-0.25, -0.2) is 4.79 Å². The van der Waals surface area contributed by atoms with Gasteiger partial charge in [0, 0.05) is 13.1 Å². The summed E-state index contributed by atoms with van der Waals surface area (Å²) in [6, 6.07) is -0.271. The average molecular weight is 208 g/mol. The van der Waals surface area contributed by atoms with E-state index in [9.17, 15) is 4.79 Å². The van der Waals surface area contributed by atoms with Crippen LogP contribution < -0.4 is 10.6 Å².